The fourth-order valence-electron chi connectivity index (χ4n) is 3.53. The number of piperazine rings is 1. The Balaban J connectivity index is 0.00000363. The summed E-state index contributed by atoms with van der Waals surface area (Å²) in [7, 11) is 1.61. The Hall–Kier alpha value is -1.91. The Bertz CT molecular complexity index is 876. The number of methoxy groups -OCH3 is 1. The van der Waals surface area contributed by atoms with Crippen molar-refractivity contribution >= 4 is 47.2 Å². The lowest BCUT2D eigenvalue weighted by Gasteiger charge is -2.37. The van der Waals surface area contributed by atoms with E-state index >= 15 is 0 Å². The van der Waals surface area contributed by atoms with Gasteiger partial charge in [0.25, 0.3) is 0 Å². The average Bonchev–Trinajstić information content (AvgIpc) is 2.80. The van der Waals surface area contributed by atoms with Crippen molar-refractivity contribution in [2.45, 2.75) is 13.5 Å². The lowest BCUT2D eigenvalue weighted by atomic mass is 10.2. The fourth-order valence-corrected chi connectivity index (χ4v) is 3.71. The predicted molar refractivity (Wildman–Crippen MR) is 141 cm³/mol. The van der Waals surface area contributed by atoms with Crippen molar-refractivity contribution < 1.29 is 14.6 Å². The van der Waals surface area contributed by atoms with Crippen LogP contribution in [-0.2, 0) is 6.54 Å². The van der Waals surface area contributed by atoms with E-state index in [0.29, 0.717) is 18.0 Å². The van der Waals surface area contributed by atoms with Crippen molar-refractivity contribution in [2.75, 3.05) is 57.9 Å². The van der Waals surface area contributed by atoms with Gasteiger partial charge in [-0.1, -0.05) is 23.7 Å². The van der Waals surface area contributed by atoms with E-state index in [-0.39, 0.29) is 37.2 Å². The van der Waals surface area contributed by atoms with Crippen molar-refractivity contribution in [3.8, 4) is 11.5 Å². The number of nitrogens with zero attached hydrogens (tertiary/aromatic N) is 3. The van der Waals surface area contributed by atoms with Crippen molar-refractivity contribution in [3.63, 3.8) is 0 Å². The topological polar surface area (TPSA) is 69.6 Å². The van der Waals surface area contributed by atoms with Gasteiger partial charge in [0.15, 0.2) is 17.5 Å². The molecule has 2 aromatic carbocycles. The van der Waals surface area contributed by atoms with Crippen LogP contribution in [0.15, 0.2) is 47.5 Å². The van der Waals surface area contributed by atoms with Crippen LogP contribution in [-0.4, -0.2) is 69.0 Å². The number of ether oxygens (including phenoxy) is 2. The predicted octanol–water partition coefficient (Wildman–Crippen LogP) is 3.63. The molecule has 0 radical (unpaired) electrons. The number of hydrogen-bond donors (Lipinski definition) is 2. The zero-order chi connectivity index (χ0) is 22.1. The summed E-state index contributed by atoms with van der Waals surface area (Å²) in [6.07, 6.45) is 0. The minimum absolute atomic E-state index is 0. The molecule has 32 heavy (non-hydrogen) atoms. The number of guanidine groups is 1. The number of nitrogens with one attached hydrogen (secondary N) is 1. The van der Waals surface area contributed by atoms with E-state index in [0.717, 1.165) is 55.0 Å². The van der Waals surface area contributed by atoms with Crippen LogP contribution in [0.2, 0.25) is 5.02 Å². The maximum Gasteiger partial charge on any atom is 0.194 e. The summed E-state index contributed by atoms with van der Waals surface area (Å²) < 4.78 is 10.9. The molecule has 9 heteroatoms. The Morgan fingerprint density at radius 1 is 1.12 bits per heavy atom. The van der Waals surface area contributed by atoms with E-state index in [1.54, 1.807) is 7.11 Å². The van der Waals surface area contributed by atoms with E-state index in [1.165, 1.54) is 0 Å². The highest BCUT2D eigenvalue weighted by atomic mass is 127. The van der Waals surface area contributed by atoms with Gasteiger partial charge in [0.1, 0.15) is 6.61 Å². The summed E-state index contributed by atoms with van der Waals surface area (Å²) in [5.41, 5.74) is 2.19. The highest BCUT2D eigenvalue weighted by molar-refractivity contribution is 14.0. The largest absolute Gasteiger partial charge is 0.493 e. The van der Waals surface area contributed by atoms with Gasteiger partial charge in [-0.05, 0) is 42.8 Å². The van der Waals surface area contributed by atoms with Crippen LogP contribution in [0.25, 0.3) is 0 Å². The Morgan fingerprint density at radius 2 is 1.91 bits per heavy atom. The second kappa shape index (κ2) is 13.6. The molecule has 0 unspecified atom stereocenters. The molecule has 2 N–H and O–H groups in total. The monoisotopic (exact) mass is 574 g/mol. The number of aliphatic hydroxyl groups excluding tert-OH is 1. The molecule has 0 bridgehead atoms. The molecule has 176 valence electrons. The third-order valence-corrected chi connectivity index (χ3v) is 5.31. The van der Waals surface area contributed by atoms with Gasteiger partial charge in [-0.25, -0.2) is 4.99 Å². The highest BCUT2D eigenvalue weighted by Gasteiger charge is 2.20. The number of rotatable bonds is 8. The standard InChI is InChI=1S/C23H31ClN4O3.HI/c1-3-25-23(26-17-18-7-8-21(31-14-13-29)22(15-18)30-2)28-11-9-27(10-12-28)20-6-4-5-19(24)16-20;/h4-8,15-16,29H,3,9-14,17H2,1-2H3,(H,25,26);1H. The molecule has 1 heterocycles. The summed E-state index contributed by atoms with van der Waals surface area (Å²) in [4.78, 5) is 9.48. The SMILES string of the molecule is CCNC(=NCc1ccc(OCCO)c(OC)c1)N1CCN(c2cccc(Cl)c2)CC1.I. The quantitative estimate of drug-likeness (QED) is 0.285. The fraction of sp³-hybridized carbons (Fsp3) is 0.435. The van der Waals surface area contributed by atoms with E-state index in [1.807, 2.05) is 36.4 Å². The van der Waals surface area contributed by atoms with Gasteiger partial charge in [-0.2, -0.15) is 0 Å². The maximum atomic E-state index is 8.95. The number of aliphatic imine (C=N–C) groups is 1. The van der Waals surface area contributed by atoms with Gasteiger partial charge in [0.05, 0.1) is 20.3 Å². The van der Waals surface area contributed by atoms with Gasteiger partial charge in [-0.3, -0.25) is 0 Å². The van der Waals surface area contributed by atoms with Gasteiger partial charge in [0.2, 0.25) is 0 Å². The molecule has 0 atom stereocenters. The van der Waals surface area contributed by atoms with Crippen LogP contribution in [0.5, 0.6) is 11.5 Å². The second-order valence-corrected chi connectivity index (χ2v) is 7.62. The molecular formula is C23H32ClIN4O3. The zero-order valence-corrected chi connectivity index (χ0v) is 21.7. The van der Waals surface area contributed by atoms with Crippen LogP contribution in [0.3, 0.4) is 0 Å². The van der Waals surface area contributed by atoms with Crippen molar-refractivity contribution in [2.24, 2.45) is 4.99 Å². The Kier molecular flexibility index (Phi) is 11.2. The minimum atomic E-state index is -0.0359. The van der Waals surface area contributed by atoms with Gasteiger partial charge in [0, 0.05) is 43.4 Å². The molecule has 0 aromatic heterocycles. The zero-order valence-electron chi connectivity index (χ0n) is 18.6. The lowest BCUT2D eigenvalue weighted by Crippen LogP contribution is -2.52. The first-order chi connectivity index (χ1) is 15.1. The first-order valence-corrected chi connectivity index (χ1v) is 11.0. The van der Waals surface area contributed by atoms with Crippen LogP contribution >= 0.6 is 35.6 Å². The van der Waals surface area contributed by atoms with Gasteiger partial charge < -0.3 is 29.7 Å². The molecule has 1 aliphatic rings. The Labute approximate surface area is 212 Å². The third kappa shape index (κ3) is 7.31. The van der Waals surface area contributed by atoms with E-state index in [2.05, 4.69) is 28.1 Å². The number of aliphatic hydroxyl groups is 1. The highest BCUT2D eigenvalue weighted by Crippen LogP contribution is 2.28. The third-order valence-electron chi connectivity index (χ3n) is 5.08. The average molecular weight is 575 g/mol. The number of anilines is 1. The van der Waals surface area contributed by atoms with Crippen molar-refractivity contribution in [1.82, 2.24) is 10.2 Å². The molecule has 1 fully saturated rings. The van der Waals surface area contributed by atoms with E-state index < -0.39 is 0 Å². The van der Waals surface area contributed by atoms with E-state index in [4.69, 9.17) is 31.2 Å². The molecule has 0 spiro atoms. The molecule has 0 saturated carbocycles. The number of halogens is 2. The second-order valence-electron chi connectivity index (χ2n) is 7.18. The number of benzene rings is 2. The lowest BCUT2D eigenvalue weighted by molar-refractivity contribution is 0.196. The van der Waals surface area contributed by atoms with Crippen molar-refractivity contribution in [1.29, 1.82) is 0 Å². The molecule has 3 rings (SSSR count). The molecule has 7 nitrogen and oxygen atoms in total. The smallest absolute Gasteiger partial charge is 0.194 e. The van der Waals surface area contributed by atoms with Crippen LogP contribution in [0.4, 0.5) is 5.69 Å². The molecular weight excluding hydrogens is 543 g/mol. The Morgan fingerprint density at radius 3 is 2.56 bits per heavy atom. The normalized spacial score (nSPS) is 14.1. The van der Waals surface area contributed by atoms with Gasteiger partial charge >= 0.3 is 0 Å². The van der Waals surface area contributed by atoms with Crippen LogP contribution in [0, 0.1) is 0 Å². The molecule has 2 aromatic rings. The summed E-state index contributed by atoms with van der Waals surface area (Å²) in [5, 5.41) is 13.1. The maximum absolute atomic E-state index is 8.95. The van der Waals surface area contributed by atoms with Crippen LogP contribution < -0.4 is 19.7 Å². The van der Waals surface area contributed by atoms with Gasteiger partial charge in [-0.15, -0.1) is 24.0 Å². The summed E-state index contributed by atoms with van der Waals surface area (Å²) >= 11 is 6.15. The molecule has 1 aliphatic heterocycles. The van der Waals surface area contributed by atoms with Crippen LogP contribution in [0.1, 0.15) is 12.5 Å². The summed E-state index contributed by atoms with van der Waals surface area (Å²) in [6, 6.07) is 13.8. The summed E-state index contributed by atoms with van der Waals surface area (Å²) in [5.74, 6) is 2.17. The van der Waals surface area contributed by atoms with E-state index in [9.17, 15) is 0 Å². The molecule has 1 saturated heterocycles. The minimum Gasteiger partial charge on any atom is -0.493 e. The molecule has 0 aliphatic carbocycles. The first kappa shape index (κ1) is 26.3. The molecule has 0 amide bonds. The number of hydrogen-bond acceptors (Lipinski definition) is 5. The summed E-state index contributed by atoms with van der Waals surface area (Å²) in [6.45, 7) is 7.22. The van der Waals surface area contributed by atoms with Crippen molar-refractivity contribution in [3.05, 3.63) is 53.1 Å². The first-order valence-electron chi connectivity index (χ1n) is 10.6.